The number of nitrogens with one attached hydrogen (secondary N) is 1. The van der Waals surface area contributed by atoms with Gasteiger partial charge in [0, 0.05) is 38.0 Å². The molecule has 0 amide bonds. The van der Waals surface area contributed by atoms with Crippen LogP contribution in [0.1, 0.15) is 199 Å². The number of ether oxygens (including phenoxy) is 2. The van der Waals surface area contributed by atoms with E-state index in [0.29, 0.717) is 6.04 Å². The Hall–Kier alpha value is -1.95. The number of rotatable bonds is 34. The molecule has 0 spiro atoms. The van der Waals surface area contributed by atoms with Crippen molar-refractivity contribution in [3.05, 3.63) is 66.8 Å². The summed E-state index contributed by atoms with van der Waals surface area (Å²) in [4.78, 5) is 10.0. The minimum absolute atomic E-state index is 0.252. The Bertz CT molecular complexity index is 1030. The van der Waals surface area contributed by atoms with Gasteiger partial charge in [-0.15, -0.1) is 0 Å². The van der Waals surface area contributed by atoms with E-state index in [-0.39, 0.29) is 18.0 Å². The van der Waals surface area contributed by atoms with Gasteiger partial charge in [-0.3, -0.25) is 0 Å². The molecule has 302 valence electrons. The summed E-state index contributed by atoms with van der Waals surface area (Å²) in [6.45, 7) is 5.57. The monoisotopic (exact) mass is 734 g/mol. The molecule has 1 saturated heterocycles. The Labute approximate surface area is 327 Å². The van der Waals surface area contributed by atoms with E-state index in [4.69, 9.17) is 9.47 Å². The van der Waals surface area contributed by atoms with Crippen molar-refractivity contribution in [3.8, 4) is 0 Å². The van der Waals surface area contributed by atoms with Crippen LogP contribution in [0.25, 0.3) is 0 Å². The third kappa shape index (κ3) is 21.1. The van der Waals surface area contributed by atoms with Crippen molar-refractivity contribution in [2.75, 3.05) is 13.6 Å². The number of allylic oxidation sites excluding steroid dienone is 8. The van der Waals surface area contributed by atoms with Gasteiger partial charge in [0.05, 0.1) is 24.2 Å². The van der Waals surface area contributed by atoms with Crippen molar-refractivity contribution >= 4 is 0 Å². The average Bonchev–Trinajstić information content (AvgIpc) is 3.90. The molecule has 2 fully saturated rings. The first kappa shape index (κ1) is 45.4. The van der Waals surface area contributed by atoms with Crippen molar-refractivity contribution in [1.29, 1.82) is 0 Å². The van der Waals surface area contributed by atoms with Gasteiger partial charge in [-0.25, -0.2) is 4.98 Å². The number of imidazole rings is 1. The highest BCUT2D eigenvalue weighted by Crippen LogP contribution is 2.44. The fourth-order valence-electron chi connectivity index (χ4n) is 8.15. The van der Waals surface area contributed by atoms with Gasteiger partial charge in [0.2, 0.25) is 0 Å². The summed E-state index contributed by atoms with van der Waals surface area (Å²) in [5.74, 6) is -0.349. The maximum Gasteiger partial charge on any atom is 0.169 e. The fourth-order valence-corrected chi connectivity index (χ4v) is 8.15. The summed E-state index contributed by atoms with van der Waals surface area (Å²) in [5.41, 5.74) is 1.14. The maximum atomic E-state index is 6.96. The second-order valence-corrected chi connectivity index (χ2v) is 16.3. The topological polar surface area (TPSA) is 50.4 Å². The van der Waals surface area contributed by atoms with E-state index in [1.807, 2.05) is 6.20 Å². The molecule has 1 aromatic heterocycles. The lowest BCUT2D eigenvalue weighted by Crippen LogP contribution is -2.36. The van der Waals surface area contributed by atoms with E-state index < -0.39 is 0 Å². The second-order valence-electron chi connectivity index (χ2n) is 16.3. The molecule has 5 heteroatoms. The fraction of sp³-hybridized carbons (Fsp3) is 0.771. The van der Waals surface area contributed by atoms with E-state index in [1.54, 1.807) is 6.33 Å². The molecule has 0 aromatic carbocycles. The third-order valence-corrected chi connectivity index (χ3v) is 11.6. The van der Waals surface area contributed by atoms with Crippen LogP contribution in [0.5, 0.6) is 0 Å². The van der Waals surface area contributed by atoms with Gasteiger partial charge in [-0.05, 0) is 96.9 Å². The van der Waals surface area contributed by atoms with Crippen molar-refractivity contribution in [3.63, 3.8) is 0 Å². The number of likely N-dealkylation sites (N-methyl/N-ethyl adjacent to an activating group) is 1. The number of nitrogens with zero attached hydrogens (tertiary/aromatic N) is 2. The number of H-pyrrole nitrogens is 1. The zero-order valence-electron chi connectivity index (χ0n) is 34.9. The van der Waals surface area contributed by atoms with Crippen molar-refractivity contribution in [1.82, 2.24) is 14.9 Å². The standard InChI is InChI=1S/C48H83N3O2/c1-4-6-8-10-12-14-16-18-20-22-24-26-28-30-32-34-37-48(38-35-33-31-29-27-25-23-21-19-17-15-13-11-9-7-5-2)52-46-40-45(41-47(46)53-48)51(3)39-36-44-42-49-43-50-44/h12-15,18-21,42-43,45-47H,4-11,16-17,22-41H2,1-3H3,(H,49,50)/b14-12-,15-13-,20-18-,21-19-/t45-,46+,47-. The van der Waals surface area contributed by atoms with Crippen LogP contribution >= 0.6 is 0 Å². The number of hydrogen-bond donors (Lipinski definition) is 1. The van der Waals surface area contributed by atoms with Crippen LogP contribution in [-0.4, -0.2) is 52.5 Å². The first-order chi connectivity index (χ1) is 26.2. The van der Waals surface area contributed by atoms with E-state index >= 15 is 0 Å². The number of aromatic amines is 1. The molecular weight excluding hydrogens is 651 g/mol. The number of unbranched alkanes of at least 4 members (excludes halogenated alkanes) is 18. The van der Waals surface area contributed by atoms with Crippen LogP contribution in [0.4, 0.5) is 0 Å². The van der Waals surface area contributed by atoms with Crippen LogP contribution in [0, 0.1) is 0 Å². The van der Waals surface area contributed by atoms with Crippen LogP contribution < -0.4 is 0 Å². The summed E-state index contributed by atoms with van der Waals surface area (Å²) in [6, 6.07) is 0.533. The predicted octanol–water partition coefficient (Wildman–Crippen LogP) is 13.9. The molecule has 2 aliphatic rings. The quantitative estimate of drug-likeness (QED) is 0.0566. The normalized spacial score (nSPS) is 20.1. The predicted molar refractivity (Wildman–Crippen MR) is 228 cm³/mol. The van der Waals surface area contributed by atoms with E-state index in [0.717, 1.165) is 57.2 Å². The van der Waals surface area contributed by atoms with Gasteiger partial charge >= 0.3 is 0 Å². The highest BCUT2D eigenvalue weighted by Gasteiger charge is 2.51. The number of aromatic nitrogens is 2. The van der Waals surface area contributed by atoms with Crippen molar-refractivity contribution in [2.24, 2.45) is 0 Å². The first-order valence-electron chi connectivity index (χ1n) is 22.8. The SMILES string of the molecule is CCCCC/C=C\C/C=C\CCCCCCCCC1(CCCCCCCC/C=C\C/C=C\CCCCC)O[C@H]2C[C@@H](N(C)CCc3c[nH]cn3)C[C@H]2O1. The molecule has 1 aliphatic carbocycles. The van der Waals surface area contributed by atoms with E-state index in [9.17, 15) is 0 Å². The molecule has 53 heavy (non-hydrogen) atoms. The Kier molecular flexibility index (Phi) is 26.0. The zero-order chi connectivity index (χ0) is 37.5. The van der Waals surface area contributed by atoms with Gasteiger partial charge in [0.15, 0.2) is 5.79 Å². The summed E-state index contributed by atoms with van der Waals surface area (Å²) in [7, 11) is 2.26. The molecule has 3 atom stereocenters. The van der Waals surface area contributed by atoms with Gasteiger partial charge in [-0.2, -0.15) is 0 Å². The highest BCUT2D eigenvalue weighted by atomic mass is 16.8. The summed E-state index contributed by atoms with van der Waals surface area (Å²) in [6.07, 6.45) is 59.3. The summed E-state index contributed by atoms with van der Waals surface area (Å²) >= 11 is 0. The lowest BCUT2D eigenvalue weighted by atomic mass is 9.98. The van der Waals surface area contributed by atoms with E-state index in [2.05, 4.69) is 84.4 Å². The summed E-state index contributed by atoms with van der Waals surface area (Å²) < 4.78 is 13.9. The van der Waals surface area contributed by atoms with Gasteiger partial charge < -0.3 is 19.4 Å². The molecule has 0 unspecified atom stereocenters. The average molecular weight is 734 g/mol. The molecule has 2 heterocycles. The van der Waals surface area contributed by atoms with Crippen molar-refractivity contribution in [2.45, 2.75) is 224 Å². The molecule has 5 nitrogen and oxygen atoms in total. The van der Waals surface area contributed by atoms with E-state index in [1.165, 1.54) is 141 Å². The Morgan fingerprint density at radius 2 is 1.06 bits per heavy atom. The Morgan fingerprint density at radius 1 is 0.623 bits per heavy atom. The van der Waals surface area contributed by atoms with Gasteiger partial charge in [0.1, 0.15) is 0 Å². The molecule has 3 rings (SSSR count). The Morgan fingerprint density at radius 3 is 1.49 bits per heavy atom. The van der Waals surface area contributed by atoms with Crippen LogP contribution in [0.2, 0.25) is 0 Å². The first-order valence-corrected chi connectivity index (χ1v) is 22.8. The van der Waals surface area contributed by atoms with Crippen LogP contribution in [0.3, 0.4) is 0 Å². The molecule has 1 aromatic rings. The van der Waals surface area contributed by atoms with Gasteiger partial charge in [0.25, 0.3) is 0 Å². The minimum Gasteiger partial charge on any atom is -0.351 e. The number of hydrogen-bond acceptors (Lipinski definition) is 4. The molecular formula is C48H83N3O2. The van der Waals surface area contributed by atoms with Crippen molar-refractivity contribution < 1.29 is 9.47 Å². The molecule has 1 saturated carbocycles. The highest BCUT2D eigenvalue weighted by molar-refractivity contribution is 4.99. The third-order valence-electron chi connectivity index (χ3n) is 11.6. The lowest BCUT2D eigenvalue weighted by molar-refractivity contribution is -0.193. The van der Waals surface area contributed by atoms with Crippen LogP contribution in [-0.2, 0) is 15.9 Å². The van der Waals surface area contributed by atoms with Crippen LogP contribution in [0.15, 0.2) is 61.1 Å². The summed E-state index contributed by atoms with van der Waals surface area (Å²) in [5, 5.41) is 0. The largest absolute Gasteiger partial charge is 0.351 e. The molecule has 0 bridgehead atoms. The van der Waals surface area contributed by atoms with Gasteiger partial charge in [-0.1, -0.05) is 140 Å². The minimum atomic E-state index is -0.349. The number of fused-ring (bicyclic) bond motifs is 1. The second kappa shape index (κ2) is 30.3. The lowest BCUT2D eigenvalue weighted by Gasteiger charge is -2.32. The molecule has 1 N–H and O–H groups in total. The molecule has 1 aliphatic heterocycles. The molecule has 0 radical (unpaired) electrons. The zero-order valence-corrected chi connectivity index (χ0v) is 34.9. The maximum absolute atomic E-state index is 6.96. The Balaban J connectivity index is 1.29. The smallest absolute Gasteiger partial charge is 0.169 e.